The van der Waals surface area contributed by atoms with Crippen molar-refractivity contribution in [1.82, 2.24) is 24.4 Å². The van der Waals surface area contributed by atoms with E-state index >= 15 is 0 Å². The summed E-state index contributed by atoms with van der Waals surface area (Å²) in [5, 5.41) is 9.73. The Morgan fingerprint density at radius 3 is 2.85 bits per heavy atom. The van der Waals surface area contributed by atoms with Gasteiger partial charge in [0.05, 0.1) is 24.9 Å². The Balaban J connectivity index is 1.13. The maximum atomic E-state index is 14.1. The summed E-state index contributed by atoms with van der Waals surface area (Å²) < 4.78 is 27.5. The van der Waals surface area contributed by atoms with E-state index in [0.29, 0.717) is 41.7 Å². The standard InChI is InChI=1S/C27H25ClFN5O4S/c28-18-5-4-17(20(29)12-18)15-38-23-3-1-2-21(30-23)16-6-9-33(10-7-16)14-22-31-24-26(39-25(32-24)27(35)36)34(22)13-19-8-11-37-19/h1-6,12,19H,7-11,13-15H2,(H,35,36). The summed E-state index contributed by atoms with van der Waals surface area (Å²) in [5.74, 6) is -0.165. The molecule has 3 aromatic heterocycles. The molecule has 0 saturated carbocycles. The van der Waals surface area contributed by atoms with Crippen molar-refractivity contribution in [3.63, 3.8) is 0 Å². The normalized spacial score (nSPS) is 17.7. The van der Waals surface area contributed by atoms with Crippen molar-refractivity contribution in [1.29, 1.82) is 0 Å². The summed E-state index contributed by atoms with van der Waals surface area (Å²) >= 11 is 6.98. The molecule has 1 saturated heterocycles. The van der Waals surface area contributed by atoms with Crippen LogP contribution in [0, 0.1) is 5.82 Å². The Bertz CT molecular complexity index is 1570. The van der Waals surface area contributed by atoms with E-state index in [1.54, 1.807) is 18.2 Å². The van der Waals surface area contributed by atoms with Crippen LogP contribution in [0.1, 0.15) is 39.7 Å². The van der Waals surface area contributed by atoms with Gasteiger partial charge in [-0.1, -0.05) is 41.1 Å². The van der Waals surface area contributed by atoms with E-state index in [-0.39, 0.29) is 17.7 Å². The summed E-state index contributed by atoms with van der Waals surface area (Å²) in [5.41, 5.74) is 2.84. The first-order valence-corrected chi connectivity index (χ1v) is 13.8. The molecule has 0 radical (unpaired) electrons. The van der Waals surface area contributed by atoms with Gasteiger partial charge in [-0.25, -0.2) is 24.1 Å². The molecule has 0 spiro atoms. The predicted octanol–water partition coefficient (Wildman–Crippen LogP) is 5.04. The molecule has 0 amide bonds. The van der Waals surface area contributed by atoms with Crippen LogP contribution < -0.4 is 4.74 Å². The number of carbonyl (C=O) groups is 1. The molecule has 4 aromatic rings. The van der Waals surface area contributed by atoms with Gasteiger partial charge in [0.15, 0.2) is 5.65 Å². The van der Waals surface area contributed by atoms with Gasteiger partial charge in [0.1, 0.15) is 23.1 Å². The van der Waals surface area contributed by atoms with Crippen LogP contribution in [0.15, 0.2) is 42.5 Å². The first-order valence-electron chi connectivity index (χ1n) is 12.6. The van der Waals surface area contributed by atoms with Gasteiger partial charge in [-0.3, -0.25) is 4.90 Å². The second-order valence-corrected chi connectivity index (χ2v) is 10.9. The fourth-order valence-electron chi connectivity index (χ4n) is 4.64. The zero-order chi connectivity index (χ0) is 26.9. The molecule has 9 nitrogen and oxygen atoms in total. The third-order valence-electron chi connectivity index (χ3n) is 6.85. The topological polar surface area (TPSA) is 103 Å². The minimum absolute atomic E-state index is 0.0462. The minimum Gasteiger partial charge on any atom is -0.476 e. The Kier molecular flexibility index (Phi) is 7.30. The molecular weight excluding hydrogens is 545 g/mol. The van der Waals surface area contributed by atoms with Gasteiger partial charge in [0.2, 0.25) is 10.9 Å². The average molecular weight is 570 g/mol. The van der Waals surface area contributed by atoms with Crippen molar-refractivity contribution in [3.8, 4) is 5.88 Å². The molecule has 2 aliphatic heterocycles. The third kappa shape index (κ3) is 5.67. The molecule has 1 unspecified atom stereocenters. The van der Waals surface area contributed by atoms with Crippen molar-refractivity contribution >= 4 is 45.0 Å². The highest BCUT2D eigenvalue weighted by atomic mass is 35.5. The lowest BCUT2D eigenvalue weighted by Gasteiger charge is -2.29. The number of ether oxygens (including phenoxy) is 2. The van der Waals surface area contributed by atoms with Crippen LogP contribution in [0.4, 0.5) is 4.39 Å². The van der Waals surface area contributed by atoms with Gasteiger partial charge in [0, 0.05) is 36.3 Å². The van der Waals surface area contributed by atoms with E-state index in [0.717, 1.165) is 59.3 Å². The van der Waals surface area contributed by atoms with Gasteiger partial charge >= 0.3 is 5.97 Å². The lowest BCUT2D eigenvalue weighted by Crippen LogP contribution is -2.33. The van der Waals surface area contributed by atoms with Crippen molar-refractivity contribution in [2.24, 2.45) is 0 Å². The Morgan fingerprint density at radius 2 is 2.13 bits per heavy atom. The molecule has 1 aromatic carbocycles. The van der Waals surface area contributed by atoms with Crippen LogP contribution in [0.25, 0.3) is 16.1 Å². The number of aromatic nitrogens is 4. The van der Waals surface area contributed by atoms with E-state index < -0.39 is 11.8 Å². The van der Waals surface area contributed by atoms with E-state index in [1.165, 1.54) is 6.07 Å². The number of carboxylic acid groups (broad SMARTS) is 1. The second kappa shape index (κ2) is 11.0. The lowest BCUT2D eigenvalue weighted by molar-refractivity contribution is -0.0591. The molecule has 0 aliphatic carbocycles. The van der Waals surface area contributed by atoms with E-state index in [1.807, 2.05) is 12.1 Å². The largest absolute Gasteiger partial charge is 0.476 e. The maximum absolute atomic E-state index is 14.1. The maximum Gasteiger partial charge on any atom is 0.365 e. The molecule has 1 fully saturated rings. The molecule has 202 valence electrons. The van der Waals surface area contributed by atoms with Crippen LogP contribution >= 0.6 is 22.9 Å². The number of hydrogen-bond acceptors (Lipinski definition) is 8. The van der Waals surface area contributed by atoms with Crippen molar-refractivity contribution in [2.45, 2.75) is 38.6 Å². The number of thiazole rings is 1. The first kappa shape index (κ1) is 25.9. The molecule has 1 atom stereocenters. The number of benzene rings is 1. The highest BCUT2D eigenvalue weighted by Gasteiger charge is 2.26. The molecule has 5 heterocycles. The summed E-state index contributed by atoms with van der Waals surface area (Å²) in [6.07, 6.45) is 4.04. The van der Waals surface area contributed by atoms with Gasteiger partial charge in [-0.15, -0.1) is 0 Å². The highest BCUT2D eigenvalue weighted by Crippen LogP contribution is 2.28. The number of aromatic carboxylic acids is 1. The van der Waals surface area contributed by atoms with Gasteiger partial charge < -0.3 is 19.1 Å². The molecule has 39 heavy (non-hydrogen) atoms. The number of imidazole rings is 1. The van der Waals surface area contributed by atoms with E-state index in [9.17, 15) is 14.3 Å². The molecule has 12 heteroatoms. The lowest BCUT2D eigenvalue weighted by atomic mass is 10.0. The quantitative estimate of drug-likeness (QED) is 0.299. The average Bonchev–Trinajstić information content (AvgIpc) is 3.45. The monoisotopic (exact) mass is 569 g/mol. The van der Waals surface area contributed by atoms with Gasteiger partial charge in [-0.05, 0) is 36.6 Å². The Hall–Kier alpha value is -3.38. The molecule has 1 N–H and O–H groups in total. The van der Waals surface area contributed by atoms with Crippen LogP contribution in [0.3, 0.4) is 0 Å². The van der Waals surface area contributed by atoms with Crippen molar-refractivity contribution in [3.05, 3.63) is 75.4 Å². The number of hydrogen-bond donors (Lipinski definition) is 1. The predicted molar refractivity (Wildman–Crippen MR) is 145 cm³/mol. The van der Waals surface area contributed by atoms with Crippen LogP contribution in [-0.2, 0) is 24.4 Å². The zero-order valence-electron chi connectivity index (χ0n) is 20.8. The second-order valence-electron chi connectivity index (χ2n) is 9.47. The highest BCUT2D eigenvalue weighted by molar-refractivity contribution is 7.19. The zero-order valence-corrected chi connectivity index (χ0v) is 22.4. The van der Waals surface area contributed by atoms with E-state index in [4.69, 9.17) is 21.1 Å². The summed E-state index contributed by atoms with van der Waals surface area (Å²) in [4.78, 5) is 28.0. The summed E-state index contributed by atoms with van der Waals surface area (Å²) in [6, 6.07) is 10.1. The molecule has 2 aliphatic rings. The fraction of sp³-hybridized carbons (Fsp3) is 0.333. The third-order valence-corrected chi connectivity index (χ3v) is 8.14. The van der Waals surface area contributed by atoms with E-state index in [2.05, 4.69) is 30.5 Å². The SMILES string of the molecule is O=C(O)c1nc2nc(CN3CC=C(c4cccc(OCc5ccc(Cl)cc5F)n4)CC3)n(CC3CCO3)c2s1. The van der Waals surface area contributed by atoms with Crippen molar-refractivity contribution in [2.75, 3.05) is 19.7 Å². The van der Waals surface area contributed by atoms with Gasteiger partial charge in [0.25, 0.3) is 0 Å². The number of nitrogens with zero attached hydrogens (tertiary/aromatic N) is 5. The van der Waals surface area contributed by atoms with Crippen LogP contribution in [-0.4, -0.2) is 61.3 Å². The fourth-order valence-corrected chi connectivity index (χ4v) is 5.67. The number of rotatable bonds is 9. The summed E-state index contributed by atoms with van der Waals surface area (Å²) in [6.45, 7) is 3.59. The number of fused-ring (bicyclic) bond motifs is 1. The number of pyridine rings is 1. The van der Waals surface area contributed by atoms with Crippen LogP contribution in [0.5, 0.6) is 5.88 Å². The molecule has 0 bridgehead atoms. The Morgan fingerprint density at radius 1 is 1.26 bits per heavy atom. The molecule has 6 rings (SSSR count). The van der Waals surface area contributed by atoms with Crippen LogP contribution in [0.2, 0.25) is 5.02 Å². The minimum atomic E-state index is -1.04. The smallest absolute Gasteiger partial charge is 0.365 e. The Labute approximate surface area is 232 Å². The first-order chi connectivity index (χ1) is 18.9. The number of halogens is 2. The number of carboxylic acids is 1. The summed E-state index contributed by atoms with van der Waals surface area (Å²) in [7, 11) is 0. The van der Waals surface area contributed by atoms with Gasteiger partial charge in [-0.2, -0.15) is 0 Å². The van der Waals surface area contributed by atoms with Crippen molar-refractivity contribution < 1.29 is 23.8 Å². The molecular formula is C27H25ClFN5O4S.